The zero-order chi connectivity index (χ0) is 11.4. The number of ether oxygens (including phenoxy) is 1. The van der Waals surface area contributed by atoms with Crippen LogP contribution in [0.25, 0.3) is 0 Å². The molecule has 16 heavy (non-hydrogen) atoms. The van der Waals surface area contributed by atoms with E-state index in [0.29, 0.717) is 6.04 Å². The van der Waals surface area contributed by atoms with Gasteiger partial charge in [-0.1, -0.05) is 19.3 Å². The Bertz CT molecular complexity index is 239. The van der Waals surface area contributed by atoms with Crippen LogP contribution >= 0.6 is 0 Å². The largest absolute Gasteiger partial charge is 0.358 e. The van der Waals surface area contributed by atoms with E-state index in [4.69, 9.17) is 4.74 Å². The molecule has 2 aliphatic rings. The van der Waals surface area contributed by atoms with Crippen LogP contribution in [0.15, 0.2) is 0 Å². The van der Waals surface area contributed by atoms with Crippen LogP contribution in [-0.2, 0) is 4.74 Å². The first-order valence-electron chi connectivity index (χ1n) is 6.46. The average molecular weight is 226 g/mol. The van der Waals surface area contributed by atoms with Crippen molar-refractivity contribution in [1.29, 1.82) is 0 Å². The van der Waals surface area contributed by atoms with E-state index >= 15 is 0 Å². The lowest BCUT2D eigenvalue weighted by molar-refractivity contribution is -0.0604. The molecule has 1 unspecified atom stereocenters. The van der Waals surface area contributed by atoms with Crippen molar-refractivity contribution in [2.24, 2.45) is 0 Å². The zero-order valence-electron chi connectivity index (χ0n) is 10.1. The molecular formula is C12H22N2O2. The lowest BCUT2D eigenvalue weighted by atomic mass is 9.96. The monoisotopic (exact) mass is 226 g/mol. The molecular weight excluding hydrogens is 204 g/mol. The van der Waals surface area contributed by atoms with Gasteiger partial charge >= 0.3 is 6.03 Å². The smallest absolute Gasteiger partial charge is 0.319 e. The van der Waals surface area contributed by atoms with Gasteiger partial charge in [0, 0.05) is 12.6 Å². The van der Waals surface area contributed by atoms with Crippen molar-refractivity contribution in [2.75, 3.05) is 13.2 Å². The minimum atomic E-state index is -0.0719. The predicted molar refractivity (Wildman–Crippen MR) is 62.1 cm³/mol. The SMILES string of the molecule is CC1OCCCN1C(=O)NC1CCCCC1. The van der Waals surface area contributed by atoms with Gasteiger partial charge in [0.1, 0.15) is 6.23 Å². The van der Waals surface area contributed by atoms with Gasteiger partial charge in [0.15, 0.2) is 0 Å². The number of amides is 2. The van der Waals surface area contributed by atoms with Gasteiger partial charge in [-0.25, -0.2) is 4.79 Å². The van der Waals surface area contributed by atoms with Gasteiger partial charge < -0.3 is 10.1 Å². The van der Waals surface area contributed by atoms with E-state index in [-0.39, 0.29) is 12.3 Å². The van der Waals surface area contributed by atoms with Crippen LogP contribution in [0.5, 0.6) is 0 Å². The summed E-state index contributed by atoms with van der Waals surface area (Å²) in [6.45, 7) is 3.54. The Morgan fingerprint density at radius 1 is 1.25 bits per heavy atom. The van der Waals surface area contributed by atoms with E-state index in [0.717, 1.165) is 32.4 Å². The minimum Gasteiger partial charge on any atom is -0.358 e. The summed E-state index contributed by atoms with van der Waals surface area (Å²) in [6, 6.07) is 0.439. The van der Waals surface area contributed by atoms with Gasteiger partial charge in [-0.2, -0.15) is 0 Å². The van der Waals surface area contributed by atoms with Crippen LogP contribution in [-0.4, -0.2) is 36.4 Å². The zero-order valence-corrected chi connectivity index (χ0v) is 10.1. The highest BCUT2D eigenvalue weighted by Crippen LogP contribution is 2.18. The molecule has 92 valence electrons. The molecule has 0 aromatic rings. The molecule has 0 radical (unpaired) electrons. The molecule has 1 aliphatic heterocycles. The second-order valence-electron chi connectivity index (χ2n) is 4.80. The third kappa shape index (κ3) is 2.88. The van der Waals surface area contributed by atoms with Crippen molar-refractivity contribution in [1.82, 2.24) is 10.2 Å². The molecule has 1 saturated heterocycles. The van der Waals surface area contributed by atoms with Crippen LogP contribution in [0.2, 0.25) is 0 Å². The molecule has 4 heteroatoms. The Morgan fingerprint density at radius 3 is 2.69 bits per heavy atom. The molecule has 4 nitrogen and oxygen atoms in total. The van der Waals surface area contributed by atoms with Crippen LogP contribution in [0.4, 0.5) is 4.79 Å². The fourth-order valence-corrected chi connectivity index (χ4v) is 2.53. The Morgan fingerprint density at radius 2 is 2.00 bits per heavy atom. The van der Waals surface area contributed by atoms with Crippen molar-refractivity contribution in [3.63, 3.8) is 0 Å². The van der Waals surface area contributed by atoms with Crippen molar-refractivity contribution in [3.05, 3.63) is 0 Å². The van der Waals surface area contributed by atoms with E-state index < -0.39 is 0 Å². The third-order valence-corrected chi connectivity index (χ3v) is 3.53. The Balaban J connectivity index is 1.81. The van der Waals surface area contributed by atoms with Crippen LogP contribution in [0.1, 0.15) is 45.4 Å². The maximum absolute atomic E-state index is 12.0. The van der Waals surface area contributed by atoms with Gasteiger partial charge in [-0.3, -0.25) is 4.90 Å². The van der Waals surface area contributed by atoms with Crippen LogP contribution in [0.3, 0.4) is 0 Å². The van der Waals surface area contributed by atoms with Crippen molar-refractivity contribution >= 4 is 6.03 Å². The maximum Gasteiger partial charge on any atom is 0.319 e. The Kier molecular flexibility index (Phi) is 4.04. The topological polar surface area (TPSA) is 41.6 Å². The molecule has 1 atom stereocenters. The number of carbonyl (C=O) groups is 1. The summed E-state index contributed by atoms with van der Waals surface area (Å²) in [7, 11) is 0. The highest BCUT2D eigenvalue weighted by Gasteiger charge is 2.25. The first-order valence-corrected chi connectivity index (χ1v) is 6.46. The van der Waals surface area contributed by atoms with Gasteiger partial charge in [-0.05, 0) is 26.2 Å². The van der Waals surface area contributed by atoms with Crippen LogP contribution < -0.4 is 5.32 Å². The fourth-order valence-electron chi connectivity index (χ4n) is 2.53. The summed E-state index contributed by atoms with van der Waals surface area (Å²) in [5.41, 5.74) is 0. The molecule has 0 aromatic heterocycles. The first-order chi connectivity index (χ1) is 7.77. The molecule has 0 spiro atoms. The number of nitrogens with one attached hydrogen (secondary N) is 1. The maximum atomic E-state index is 12.0. The number of hydrogen-bond donors (Lipinski definition) is 1. The first kappa shape index (κ1) is 11.7. The van der Waals surface area contributed by atoms with Crippen LogP contribution in [0, 0.1) is 0 Å². The Hall–Kier alpha value is -0.770. The van der Waals surface area contributed by atoms with E-state index in [1.165, 1.54) is 19.3 Å². The molecule has 1 aliphatic carbocycles. The van der Waals surface area contributed by atoms with E-state index in [1.807, 2.05) is 6.92 Å². The molecule has 1 saturated carbocycles. The van der Waals surface area contributed by atoms with E-state index in [2.05, 4.69) is 5.32 Å². The van der Waals surface area contributed by atoms with E-state index in [9.17, 15) is 4.79 Å². The summed E-state index contributed by atoms with van der Waals surface area (Å²) in [4.78, 5) is 13.8. The number of hydrogen-bond acceptors (Lipinski definition) is 2. The number of rotatable bonds is 1. The van der Waals surface area contributed by atoms with E-state index in [1.54, 1.807) is 4.90 Å². The summed E-state index contributed by atoms with van der Waals surface area (Å²) in [5.74, 6) is 0. The lowest BCUT2D eigenvalue weighted by Crippen LogP contribution is -2.52. The highest BCUT2D eigenvalue weighted by atomic mass is 16.5. The van der Waals surface area contributed by atoms with Gasteiger partial charge in [0.2, 0.25) is 0 Å². The molecule has 2 fully saturated rings. The number of urea groups is 1. The summed E-state index contributed by atoms with van der Waals surface area (Å²) >= 11 is 0. The van der Waals surface area contributed by atoms with Crippen molar-refractivity contribution in [3.8, 4) is 0 Å². The molecule has 1 heterocycles. The second kappa shape index (κ2) is 5.53. The number of nitrogens with zero attached hydrogens (tertiary/aromatic N) is 1. The second-order valence-corrected chi connectivity index (χ2v) is 4.80. The molecule has 2 amide bonds. The van der Waals surface area contributed by atoms with Gasteiger partial charge in [0.25, 0.3) is 0 Å². The van der Waals surface area contributed by atoms with Gasteiger partial charge in [-0.15, -0.1) is 0 Å². The molecule has 0 bridgehead atoms. The quantitative estimate of drug-likeness (QED) is 0.744. The molecule has 2 rings (SSSR count). The standard InChI is InChI=1S/C12H22N2O2/c1-10-14(8-5-9-16-10)12(15)13-11-6-3-2-4-7-11/h10-11H,2-9H2,1H3,(H,13,15). The normalized spacial score (nSPS) is 27.8. The van der Waals surface area contributed by atoms with Crippen molar-refractivity contribution < 1.29 is 9.53 Å². The summed E-state index contributed by atoms with van der Waals surface area (Å²) in [6.07, 6.45) is 6.95. The summed E-state index contributed by atoms with van der Waals surface area (Å²) in [5, 5.41) is 3.13. The van der Waals surface area contributed by atoms with Crippen molar-refractivity contribution in [2.45, 2.75) is 57.7 Å². The third-order valence-electron chi connectivity index (χ3n) is 3.53. The molecule has 1 N–H and O–H groups in total. The van der Waals surface area contributed by atoms with Gasteiger partial charge in [0.05, 0.1) is 6.61 Å². The predicted octanol–water partition coefficient (Wildman–Crippen LogP) is 2.10. The lowest BCUT2D eigenvalue weighted by Gasteiger charge is -2.35. The minimum absolute atomic E-state index is 0.0547. The Labute approximate surface area is 97.3 Å². The fraction of sp³-hybridized carbons (Fsp3) is 0.917. The average Bonchev–Trinajstić information content (AvgIpc) is 2.31. The number of carbonyl (C=O) groups excluding carboxylic acids is 1. The summed E-state index contributed by atoms with van der Waals surface area (Å²) < 4.78 is 5.47. The highest BCUT2D eigenvalue weighted by molar-refractivity contribution is 5.74. The molecule has 0 aromatic carbocycles.